The van der Waals surface area contributed by atoms with E-state index in [1.165, 1.54) is 19.2 Å². The first-order valence-electron chi connectivity index (χ1n) is 6.46. The number of methoxy groups -OCH3 is 1. The summed E-state index contributed by atoms with van der Waals surface area (Å²) >= 11 is 0. The number of carbonyl (C=O) groups excluding carboxylic acids is 1. The van der Waals surface area contributed by atoms with Gasteiger partial charge in [0.25, 0.3) is 0 Å². The summed E-state index contributed by atoms with van der Waals surface area (Å²) in [7, 11) is -2.12. The van der Waals surface area contributed by atoms with Gasteiger partial charge in [-0.1, -0.05) is 19.8 Å². The second-order valence-corrected chi connectivity index (χ2v) is 6.76. The molecule has 0 fully saturated rings. The number of halogens is 1. The van der Waals surface area contributed by atoms with Crippen LogP contribution in [0.15, 0.2) is 18.2 Å². The molecule has 0 heterocycles. The molecule has 112 valence electrons. The zero-order valence-corrected chi connectivity index (χ0v) is 12.5. The highest BCUT2D eigenvalue weighted by molar-refractivity contribution is 7.92. The van der Waals surface area contributed by atoms with E-state index in [1.54, 1.807) is 0 Å². The number of rotatable bonds is 8. The van der Waals surface area contributed by atoms with Gasteiger partial charge in [0, 0.05) is 5.56 Å². The summed E-state index contributed by atoms with van der Waals surface area (Å²) in [5.74, 6) is -1.84. The minimum atomic E-state index is -3.43. The average Bonchev–Trinajstić information content (AvgIpc) is 2.38. The maximum Gasteiger partial charge on any atom is 0.177 e. The molecule has 0 saturated heterocycles. The van der Waals surface area contributed by atoms with Gasteiger partial charge in [0.15, 0.2) is 27.2 Å². The van der Waals surface area contributed by atoms with Crippen LogP contribution in [0.2, 0.25) is 0 Å². The Morgan fingerprint density at radius 3 is 2.55 bits per heavy atom. The Bertz CT molecular complexity index is 567. The SMILES string of the molecule is CCCCCS(=O)(=O)CC(=O)c1ccc(OC)c(F)c1. The molecule has 0 aliphatic rings. The molecule has 0 bridgehead atoms. The molecule has 0 spiro atoms. The van der Waals surface area contributed by atoms with Crippen molar-refractivity contribution in [2.45, 2.75) is 26.2 Å². The zero-order valence-electron chi connectivity index (χ0n) is 11.7. The van der Waals surface area contributed by atoms with E-state index >= 15 is 0 Å². The van der Waals surface area contributed by atoms with Crippen molar-refractivity contribution < 1.29 is 22.3 Å². The molecule has 1 aromatic carbocycles. The van der Waals surface area contributed by atoms with Crippen molar-refractivity contribution >= 4 is 15.6 Å². The lowest BCUT2D eigenvalue weighted by molar-refractivity contribution is 0.102. The third-order valence-electron chi connectivity index (χ3n) is 2.88. The van der Waals surface area contributed by atoms with Crippen LogP contribution in [0, 0.1) is 5.82 Å². The quantitative estimate of drug-likeness (QED) is 0.547. The summed E-state index contributed by atoms with van der Waals surface area (Å²) in [6.07, 6.45) is 2.26. The highest BCUT2D eigenvalue weighted by Crippen LogP contribution is 2.18. The van der Waals surface area contributed by atoms with E-state index in [9.17, 15) is 17.6 Å². The molecule has 0 aromatic heterocycles. The van der Waals surface area contributed by atoms with Crippen molar-refractivity contribution in [1.82, 2.24) is 0 Å². The Hall–Kier alpha value is -1.43. The van der Waals surface area contributed by atoms with Crippen LogP contribution >= 0.6 is 0 Å². The summed E-state index contributed by atoms with van der Waals surface area (Å²) in [5.41, 5.74) is 0.0439. The number of ketones is 1. The first-order valence-corrected chi connectivity index (χ1v) is 8.29. The molecule has 0 radical (unpaired) electrons. The Kier molecular flexibility index (Phi) is 6.13. The van der Waals surface area contributed by atoms with E-state index in [-0.39, 0.29) is 17.1 Å². The molecular weight excluding hydrogens is 283 g/mol. The van der Waals surface area contributed by atoms with Crippen molar-refractivity contribution in [3.05, 3.63) is 29.6 Å². The highest BCUT2D eigenvalue weighted by Gasteiger charge is 2.18. The van der Waals surface area contributed by atoms with Crippen molar-refractivity contribution in [2.24, 2.45) is 0 Å². The van der Waals surface area contributed by atoms with Crippen LogP contribution in [0.1, 0.15) is 36.5 Å². The molecule has 0 N–H and O–H groups in total. The minimum Gasteiger partial charge on any atom is -0.494 e. The summed E-state index contributed by atoms with van der Waals surface area (Å²) in [6.45, 7) is 1.97. The first kappa shape index (κ1) is 16.6. The van der Waals surface area contributed by atoms with Crippen LogP contribution in [-0.4, -0.2) is 32.8 Å². The van der Waals surface area contributed by atoms with Gasteiger partial charge in [0.05, 0.1) is 12.9 Å². The lowest BCUT2D eigenvalue weighted by Crippen LogP contribution is -2.19. The zero-order chi connectivity index (χ0) is 15.2. The fraction of sp³-hybridized carbons (Fsp3) is 0.500. The normalized spacial score (nSPS) is 11.3. The number of hydrogen-bond donors (Lipinski definition) is 0. The number of unbranched alkanes of at least 4 members (excludes halogenated alkanes) is 2. The average molecular weight is 302 g/mol. The minimum absolute atomic E-state index is 0.00871. The van der Waals surface area contributed by atoms with Crippen LogP contribution in [0.3, 0.4) is 0 Å². The molecule has 0 aliphatic heterocycles. The summed E-state index contributed by atoms with van der Waals surface area (Å²) < 4.78 is 41.7. The van der Waals surface area contributed by atoms with Gasteiger partial charge in [0.2, 0.25) is 0 Å². The molecule has 20 heavy (non-hydrogen) atoms. The van der Waals surface area contributed by atoms with E-state index in [1.807, 2.05) is 6.92 Å². The van der Waals surface area contributed by atoms with Crippen molar-refractivity contribution in [1.29, 1.82) is 0 Å². The summed E-state index contributed by atoms with van der Waals surface area (Å²) in [5, 5.41) is 0. The molecule has 0 aliphatic carbocycles. The number of hydrogen-bond acceptors (Lipinski definition) is 4. The molecule has 0 saturated carbocycles. The molecule has 6 heteroatoms. The Morgan fingerprint density at radius 2 is 2.00 bits per heavy atom. The monoisotopic (exact) mass is 302 g/mol. The van der Waals surface area contributed by atoms with Crippen LogP contribution in [0.5, 0.6) is 5.75 Å². The van der Waals surface area contributed by atoms with Gasteiger partial charge in [-0.25, -0.2) is 12.8 Å². The topological polar surface area (TPSA) is 60.4 Å². The van der Waals surface area contributed by atoms with Gasteiger partial charge in [-0.15, -0.1) is 0 Å². The highest BCUT2D eigenvalue weighted by atomic mass is 32.2. The predicted molar refractivity (Wildman–Crippen MR) is 75.5 cm³/mol. The third-order valence-corrected chi connectivity index (χ3v) is 4.50. The Balaban J connectivity index is 2.73. The first-order chi connectivity index (χ1) is 9.39. The van der Waals surface area contributed by atoms with Crippen LogP contribution in [-0.2, 0) is 9.84 Å². The molecule has 1 aromatic rings. The molecule has 0 amide bonds. The van der Waals surface area contributed by atoms with Crippen molar-refractivity contribution in [2.75, 3.05) is 18.6 Å². The van der Waals surface area contributed by atoms with Gasteiger partial charge in [0.1, 0.15) is 5.75 Å². The number of Topliss-reactive ketones (excluding diaryl/α,β-unsaturated/α-hetero) is 1. The van der Waals surface area contributed by atoms with Gasteiger partial charge >= 0.3 is 0 Å². The third kappa shape index (κ3) is 4.92. The summed E-state index contributed by atoms with van der Waals surface area (Å²) in [4.78, 5) is 11.9. The fourth-order valence-electron chi connectivity index (χ4n) is 1.77. The Morgan fingerprint density at radius 1 is 1.30 bits per heavy atom. The van der Waals surface area contributed by atoms with E-state index in [4.69, 9.17) is 4.74 Å². The molecule has 0 unspecified atom stereocenters. The van der Waals surface area contributed by atoms with Gasteiger partial charge in [-0.3, -0.25) is 4.79 Å². The second-order valence-electron chi connectivity index (χ2n) is 4.57. The van der Waals surface area contributed by atoms with E-state index < -0.39 is 27.2 Å². The van der Waals surface area contributed by atoms with Gasteiger partial charge < -0.3 is 4.74 Å². The van der Waals surface area contributed by atoms with E-state index in [2.05, 4.69) is 0 Å². The maximum absolute atomic E-state index is 13.5. The lowest BCUT2D eigenvalue weighted by atomic mass is 10.1. The van der Waals surface area contributed by atoms with E-state index in [0.717, 1.165) is 18.9 Å². The maximum atomic E-state index is 13.5. The van der Waals surface area contributed by atoms with Crippen molar-refractivity contribution in [3.8, 4) is 5.75 Å². The molecule has 1 rings (SSSR count). The van der Waals surface area contributed by atoms with Crippen molar-refractivity contribution in [3.63, 3.8) is 0 Å². The number of benzene rings is 1. The Labute approximate surface area is 118 Å². The van der Waals surface area contributed by atoms with Gasteiger partial charge in [-0.05, 0) is 24.6 Å². The van der Waals surface area contributed by atoms with E-state index in [0.29, 0.717) is 6.42 Å². The second kappa shape index (κ2) is 7.38. The number of sulfone groups is 1. The number of ether oxygens (including phenoxy) is 1. The molecule has 0 atom stereocenters. The van der Waals surface area contributed by atoms with Gasteiger partial charge in [-0.2, -0.15) is 0 Å². The largest absolute Gasteiger partial charge is 0.494 e. The standard InChI is InChI=1S/C14H19FO4S/c1-3-4-5-8-20(17,18)10-13(16)11-6-7-14(19-2)12(15)9-11/h6-7,9H,3-5,8,10H2,1-2H3. The molecule has 4 nitrogen and oxygen atoms in total. The fourth-order valence-corrected chi connectivity index (χ4v) is 3.12. The number of carbonyl (C=O) groups is 1. The molecular formula is C14H19FO4S. The summed E-state index contributed by atoms with van der Waals surface area (Å²) in [6, 6.07) is 3.68. The predicted octanol–water partition coefficient (Wildman–Crippen LogP) is 2.62. The van der Waals surface area contributed by atoms with Crippen LogP contribution in [0.4, 0.5) is 4.39 Å². The smallest absolute Gasteiger partial charge is 0.177 e. The van der Waals surface area contributed by atoms with Crippen LogP contribution in [0.25, 0.3) is 0 Å². The van der Waals surface area contributed by atoms with Crippen LogP contribution < -0.4 is 4.74 Å². The lowest BCUT2D eigenvalue weighted by Gasteiger charge is -2.06.